The first kappa shape index (κ1) is 17.1. The van der Waals surface area contributed by atoms with Gasteiger partial charge < -0.3 is 4.42 Å². The molecule has 30 heavy (non-hydrogen) atoms. The quantitative estimate of drug-likeness (QED) is 0.313. The SMILES string of the molecule is Clc1nc(-c2ccccc2)nc(-c2ccc3cc4oc5ccccc5c4cc3c2)n1. The van der Waals surface area contributed by atoms with Crippen molar-refractivity contribution in [1.82, 2.24) is 15.0 Å². The Morgan fingerprint density at radius 1 is 0.567 bits per heavy atom. The van der Waals surface area contributed by atoms with Crippen LogP contribution in [-0.4, -0.2) is 15.0 Å². The van der Waals surface area contributed by atoms with Crippen LogP contribution in [0, 0.1) is 0 Å². The lowest BCUT2D eigenvalue weighted by Gasteiger charge is -2.06. The second kappa shape index (κ2) is 6.65. The molecule has 0 aliphatic heterocycles. The average molecular weight is 408 g/mol. The summed E-state index contributed by atoms with van der Waals surface area (Å²) >= 11 is 6.22. The Morgan fingerprint density at radius 2 is 1.33 bits per heavy atom. The number of hydrogen-bond donors (Lipinski definition) is 0. The van der Waals surface area contributed by atoms with E-state index in [1.807, 2.05) is 54.6 Å². The number of para-hydroxylation sites is 1. The summed E-state index contributed by atoms with van der Waals surface area (Å²) in [7, 11) is 0. The molecule has 0 spiro atoms. The summed E-state index contributed by atoms with van der Waals surface area (Å²) in [6.07, 6.45) is 0. The summed E-state index contributed by atoms with van der Waals surface area (Å²) in [6.45, 7) is 0. The third-order valence-corrected chi connectivity index (χ3v) is 5.40. The van der Waals surface area contributed by atoms with Crippen molar-refractivity contribution in [2.75, 3.05) is 0 Å². The van der Waals surface area contributed by atoms with E-state index in [2.05, 4.69) is 45.3 Å². The molecule has 142 valence electrons. The van der Waals surface area contributed by atoms with Crippen molar-refractivity contribution in [3.8, 4) is 22.8 Å². The van der Waals surface area contributed by atoms with Gasteiger partial charge in [0.05, 0.1) is 0 Å². The molecule has 0 amide bonds. The van der Waals surface area contributed by atoms with Gasteiger partial charge >= 0.3 is 0 Å². The first-order chi connectivity index (χ1) is 14.7. The normalized spacial score (nSPS) is 11.5. The van der Waals surface area contributed by atoms with E-state index in [1.54, 1.807) is 0 Å². The Hall–Kier alpha value is -3.76. The first-order valence-electron chi connectivity index (χ1n) is 9.57. The van der Waals surface area contributed by atoms with E-state index >= 15 is 0 Å². The van der Waals surface area contributed by atoms with E-state index in [-0.39, 0.29) is 5.28 Å². The highest BCUT2D eigenvalue weighted by Crippen LogP contribution is 2.33. The van der Waals surface area contributed by atoms with Crippen LogP contribution >= 0.6 is 11.6 Å². The monoisotopic (exact) mass is 407 g/mol. The van der Waals surface area contributed by atoms with Crippen LogP contribution in [-0.2, 0) is 0 Å². The Kier molecular flexibility index (Phi) is 3.79. The summed E-state index contributed by atoms with van der Waals surface area (Å²) in [5.41, 5.74) is 3.55. The second-order valence-corrected chi connectivity index (χ2v) is 7.46. The molecule has 4 aromatic carbocycles. The maximum Gasteiger partial charge on any atom is 0.226 e. The molecule has 6 rings (SSSR count). The van der Waals surface area contributed by atoms with Gasteiger partial charge in [-0.05, 0) is 46.6 Å². The average Bonchev–Trinajstić information content (AvgIpc) is 3.15. The molecular formula is C25H14ClN3O. The Morgan fingerprint density at radius 3 is 2.20 bits per heavy atom. The minimum absolute atomic E-state index is 0.176. The van der Waals surface area contributed by atoms with Crippen LogP contribution in [0.2, 0.25) is 5.28 Å². The molecule has 2 heterocycles. The topological polar surface area (TPSA) is 51.8 Å². The maximum absolute atomic E-state index is 6.22. The van der Waals surface area contributed by atoms with Gasteiger partial charge in [-0.15, -0.1) is 0 Å². The van der Waals surface area contributed by atoms with Crippen LogP contribution in [0.5, 0.6) is 0 Å². The Balaban J connectivity index is 1.53. The third-order valence-electron chi connectivity index (χ3n) is 5.23. The van der Waals surface area contributed by atoms with Crippen LogP contribution in [0.15, 0.2) is 89.3 Å². The summed E-state index contributed by atoms with van der Waals surface area (Å²) in [4.78, 5) is 13.3. The molecule has 0 saturated carbocycles. The van der Waals surface area contributed by atoms with Crippen LogP contribution in [0.25, 0.3) is 55.5 Å². The molecule has 0 aliphatic carbocycles. The standard InChI is InChI=1S/C25H14ClN3O/c26-25-28-23(15-6-2-1-3-7-15)27-24(29-25)17-11-10-16-14-22-20(13-18(16)12-17)19-8-4-5-9-21(19)30-22/h1-14H. The third kappa shape index (κ3) is 2.81. The van der Waals surface area contributed by atoms with Gasteiger partial charge in [0.25, 0.3) is 0 Å². The van der Waals surface area contributed by atoms with Gasteiger partial charge in [-0.3, -0.25) is 0 Å². The minimum Gasteiger partial charge on any atom is -0.456 e. The fourth-order valence-electron chi connectivity index (χ4n) is 3.80. The largest absolute Gasteiger partial charge is 0.456 e. The van der Waals surface area contributed by atoms with Crippen LogP contribution in [0.4, 0.5) is 0 Å². The van der Waals surface area contributed by atoms with Gasteiger partial charge in [-0.2, -0.15) is 9.97 Å². The van der Waals surface area contributed by atoms with Crippen molar-refractivity contribution in [1.29, 1.82) is 0 Å². The second-order valence-electron chi connectivity index (χ2n) is 7.13. The fraction of sp³-hybridized carbons (Fsp3) is 0. The van der Waals surface area contributed by atoms with E-state index < -0.39 is 0 Å². The number of benzene rings is 4. The molecule has 0 atom stereocenters. The number of fused-ring (bicyclic) bond motifs is 4. The number of aromatic nitrogens is 3. The number of halogens is 1. The summed E-state index contributed by atoms with van der Waals surface area (Å²) < 4.78 is 6.01. The van der Waals surface area contributed by atoms with Gasteiger partial charge in [0.1, 0.15) is 11.2 Å². The zero-order valence-corrected chi connectivity index (χ0v) is 16.5. The molecule has 6 aromatic rings. The highest BCUT2D eigenvalue weighted by molar-refractivity contribution is 6.28. The van der Waals surface area contributed by atoms with Crippen LogP contribution < -0.4 is 0 Å². The fourth-order valence-corrected chi connectivity index (χ4v) is 3.96. The van der Waals surface area contributed by atoms with Crippen molar-refractivity contribution in [2.24, 2.45) is 0 Å². The predicted octanol–water partition coefficient (Wildman–Crippen LogP) is 6.91. The Bertz CT molecular complexity index is 1560. The summed E-state index contributed by atoms with van der Waals surface area (Å²) in [5.74, 6) is 1.11. The van der Waals surface area contributed by atoms with Crippen molar-refractivity contribution in [2.45, 2.75) is 0 Å². The van der Waals surface area contributed by atoms with Gasteiger partial charge in [0.15, 0.2) is 11.6 Å². The zero-order chi connectivity index (χ0) is 20.1. The van der Waals surface area contributed by atoms with E-state index in [0.717, 1.165) is 43.8 Å². The number of nitrogens with zero attached hydrogens (tertiary/aromatic N) is 3. The highest BCUT2D eigenvalue weighted by atomic mass is 35.5. The summed E-state index contributed by atoms with van der Waals surface area (Å²) in [5, 5.41) is 4.55. The van der Waals surface area contributed by atoms with Gasteiger partial charge in [-0.1, -0.05) is 60.7 Å². The molecule has 0 N–H and O–H groups in total. The highest BCUT2D eigenvalue weighted by Gasteiger charge is 2.12. The number of hydrogen-bond acceptors (Lipinski definition) is 4. The minimum atomic E-state index is 0.176. The molecule has 0 aliphatic rings. The smallest absolute Gasteiger partial charge is 0.226 e. The van der Waals surface area contributed by atoms with Crippen molar-refractivity contribution >= 4 is 44.3 Å². The first-order valence-corrected chi connectivity index (χ1v) is 9.95. The summed E-state index contributed by atoms with van der Waals surface area (Å²) in [6, 6.07) is 28.2. The molecule has 0 saturated heterocycles. The van der Waals surface area contributed by atoms with E-state index in [9.17, 15) is 0 Å². The van der Waals surface area contributed by atoms with Crippen molar-refractivity contribution in [3.63, 3.8) is 0 Å². The zero-order valence-electron chi connectivity index (χ0n) is 15.7. The van der Waals surface area contributed by atoms with Gasteiger partial charge in [-0.25, -0.2) is 4.98 Å². The van der Waals surface area contributed by atoms with E-state index in [0.29, 0.717) is 11.6 Å². The van der Waals surface area contributed by atoms with E-state index in [4.69, 9.17) is 16.0 Å². The number of rotatable bonds is 2. The molecule has 0 bridgehead atoms. The maximum atomic E-state index is 6.22. The molecule has 0 radical (unpaired) electrons. The predicted molar refractivity (Wildman–Crippen MR) is 120 cm³/mol. The lowest BCUT2D eigenvalue weighted by atomic mass is 10.0. The lowest BCUT2D eigenvalue weighted by molar-refractivity contribution is 0.669. The molecule has 4 nitrogen and oxygen atoms in total. The van der Waals surface area contributed by atoms with Crippen molar-refractivity contribution < 1.29 is 4.42 Å². The van der Waals surface area contributed by atoms with Crippen LogP contribution in [0.3, 0.4) is 0 Å². The molecule has 2 aromatic heterocycles. The molecule has 0 unspecified atom stereocenters. The lowest BCUT2D eigenvalue weighted by Crippen LogP contribution is -1.97. The molecule has 0 fully saturated rings. The Labute approximate surface area is 176 Å². The van der Waals surface area contributed by atoms with Gasteiger partial charge in [0, 0.05) is 21.9 Å². The molecule has 5 heteroatoms. The van der Waals surface area contributed by atoms with Crippen molar-refractivity contribution in [3.05, 3.63) is 90.2 Å². The number of furan rings is 1. The van der Waals surface area contributed by atoms with Gasteiger partial charge in [0.2, 0.25) is 5.28 Å². The molecular weight excluding hydrogens is 394 g/mol. The van der Waals surface area contributed by atoms with E-state index in [1.165, 1.54) is 0 Å². The van der Waals surface area contributed by atoms with Crippen LogP contribution in [0.1, 0.15) is 0 Å².